The summed E-state index contributed by atoms with van der Waals surface area (Å²) in [5, 5.41) is 13.3. The Morgan fingerprint density at radius 3 is 2.69 bits per heavy atom. The van der Waals surface area contributed by atoms with Gasteiger partial charge in [-0.05, 0) is 79.1 Å². The number of phenolic OH excluding ortho intramolecular Hbond substituents is 1. The first-order valence-electron chi connectivity index (χ1n) is 10.0. The van der Waals surface area contributed by atoms with Crippen molar-refractivity contribution in [2.45, 2.75) is 39.0 Å². The fraction of sp³-hybridized carbons (Fsp3) is 0.250. The number of carbonyl (C=O) groups excluding carboxylic acids is 1. The fourth-order valence-corrected chi connectivity index (χ4v) is 4.94. The number of anilines is 1. The number of nitrogens with one attached hydrogen (secondary N) is 1. The Balaban J connectivity index is 1.68. The number of benzene rings is 2. The molecular weight excluding hydrogens is 380 g/mol. The van der Waals surface area contributed by atoms with E-state index in [1.165, 1.54) is 4.88 Å². The van der Waals surface area contributed by atoms with E-state index in [1.807, 2.05) is 36.4 Å². The second kappa shape index (κ2) is 8.62. The number of rotatable bonds is 5. The predicted molar refractivity (Wildman–Crippen MR) is 120 cm³/mol. The molecular formula is C24H24N2O2S. The Kier molecular flexibility index (Phi) is 5.76. The van der Waals surface area contributed by atoms with Crippen LogP contribution in [0.1, 0.15) is 51.7 Å². The average Bonchev–Trinajstić information content (AvgIpc) is 3.12. The molecule has 0 atom stereocenters. The smallest absolute Gasteiger partial charge is 0.259 e. The third-order valence-corrected chi connectivity index (χ3v) is 6.45. The minimum absolute atomic E-state index is 0.0804. The monoisotopic (exact) mass is 404 g/mol. The third kappa shape index (κ3) is 4.25. The van der Waals surface area contributed by atoms with Gasteiger partial charge in [-0.25, -0.2) is 4.99 Å². The number of aliphatic imine (C=N–C) groups is 1. The molecule has 0 radical (unpaired) electrons. The first-order valence-corrected chi connectivity index (χ1v) is 10.8. The predicted octanol–water partition coefficient (Wildman–Crippen LogP) is 5.90. The Morgan fingerprint density at radius 1 is 1.14 bits per heavy atom. The van der Waals surface area contributed by atoms with Crippen molar-refractivity contribution in [1.29, 1.82) is 0 Å². The molecule has 1 aromatic heterocycles. The van der Waals surface area contributed by atoms with Crippen LogP contribution in [0.15, 0.2) is 53.5 Å². The number of fused-ring (bicyclic) bond motifs is 1. The molecule has 1 aliphatic carbocycles. The van der Waals surface area contributed by atoms with Gasteiger partial charge in [0.15, 0.2) is 0 Å². The number of aryl methyl sites for hydroxylation is 2. The zero-order valence-corrected chi connectivity index (χ0v) is 17.3. The molecule has 0 spiro atoms. The molecule has 29 heavy (non-hydrogen) atoms. The van der Waals surface area contributed by atoms with Gasteiger partial charge < -0.3 is 10.4 Å². The highest BCUT2D eigenvalue weighted by molar-refractivity contribution is 7.16. The zero-order chi connectivity index (χ0) is 20.2. The van der Waals surface area contributed by atoms with Crippen LogP contribution in [0.2, 0.25) is 0 Å². The second-order valence-electron chi connectivity index (χ2n) is 7.21. The van der Waals surface area contributed by atoms with Crippen LogP contribution < -0.4 is 5.32 Å². The first-order chi connectivity index (χ1) is 14.2. The van der Waals surface area contributed by atoms with Gasteiger partial charge >= 0.3 is 0 Å². The van der Waals surface area contributed by atoms with Crippen LogP contribution in [0.5, 0.6) is 5.75 Å². The number of carbonyl (C=O) groups is 1. The molecule has 0 aliphatic heterocycles. The van der Waals surface area contributed by atoms with E-state index in [0.717, 1.165) is 59.5 Å². The van der Waals surface area contributed by atoms with Crippen LogP contribution in [0.25, 0.3) is 0 Å². The molecule has 2 aromatic carbocycles. The molecule has 0 unspecified atom stereocenters. The number of para-hydroxylation sites is 1. The summed E-state index contributed by atoms with van der Waals surface area (Å²) < 4.78 is 0. The lowest BCUT2D eigenvalue weighted by molar-refractivity contribution is 0.102. The van der Waals surface area contributed by atoms with Crippen molar-refractivity contribution in [3.63, 3.8) is 0 Å². The molecule has 0 saturated carbocycles. The summed E-state index contributed by atoms with van der Waals surface area (Å²) in [6, 6.07) is 14.8. The Labute approximate surface area is 175 Å². The Morgan fingerprint density at radius 2 is 1.90 bits per heavy atom. The standard InChI is InChI=1S/C24H24N2O2S/c1-2-17-7-3-5-9-20(17)26-23(28)22-19-8-4-6-10-21(19)29-24(22)25-15-16-11-13-18(27)14-12-16/h3,5,7,9,11-15,27H,2,4,6,8,10H2,1H3,(H,26,28). The number of phenols is 1. The maximum Gasteiger partial charge on any atom is 0.259 e. The molecule has 4 rings (SSSR count). The van der Waals surface area contributed by atoms with Gasteiger partial charge in [0.2, 0.25) is 0 Å². The van der Waals surface area contributed by atoms with Crippen LogP contribution in [-0.2, 0) is 19.3 Å². The van der Waals surface area contributed by atoms with E-state index in [1.54, 1.807) is 29.7 Å². The number of aromatic hydroxyl groups is 1. The summed E-state index contributed by atoms with van der Waals surface area (Å²) >= 11 is 1.63. The average molecular weight is 405 g/mol. The molecule has 0 bridgehead atoms. The van der Waals surface area contributed by atoms with Crippen molar-refractivity contribution in [3.05, 3.63) is 75.7 Å². The summed E-state index contributed by atoms with van der Waals surface area (Å²) in [5.41, 5.74) is 4.75. The molecule has 4 nitrogen and oxygen atoms in total. The normalized spacial score (nSPS) is 13.4. The van der Waals surface area contributed by atoms with Gasteiger partial charge in [-0.1, -0.05) is 25.1 Å². The van der Waals surface area contributed by atoms with E-state index < -0.39 is 0 Å². The molecule has 0 fully saturated rings. The lowest BCUT2D eigenvalue weighted by Crippen LogP contribution is -2.15. The minimum Gasteiger partial charge on any atom is -0.508 e. The molecule has 1 amide bonds. The van der Waals surface area contributed by atoms with Crippen molar-refractivity contribution >= 4 is 34.1 Å². The highest BCUT2D eigenvalue weighted by atomic mass is 32.1. The lowest BCUT2D eigenvalue weighted by Gasteiger charge is -2.14. The molecule has 148 valence electrons. The fourth-order valence-electron chi connectivity index (χ4n) is 3.71. The topological polar surface area (TPSA) is 61.7 Å². The van der Waals surface area contributed by atoms with Crippen LogP contribution in [0.3, 0.4) is 0 Å². The highest BCUT2D eigenvalue weighted by Crippen LogP contribution is 2.40. The van der Waals surface area contributed by atoms with Gasteiger partial charge in [-0.3, -0.25) is 4.79 Å². The third-order valence-electron chi connectivity index (χ3n) is 5.25. The van der Waals surface area contributed by atoms with E-state index >= 15 is 0 Å². The number of thiophene rings is 1. The lowest BCUT2D eigenvalue weighted by atomic mass is 9.95. The van der Waals surface area contributed by atoms with Gasteiger partial charge in [0.25, 0.3) is 5.91 Å². The van der Waals surface area contributed by atoms with Crippen molar-refractivity contribution in [3.8, 4) is 5.75 Å². The van der Waals surface area contributed by atoms with Gasteiger partial charge in [0.1, 0.15) is 10.8 Å². The molecule has 5 heteroatoms. The second-order valence-corrected chi connectivity index (χ2v) is 8.29. The quantitative estimate of drug-likeness (QED) is 0.520. The van der Waals surface area contributed by atoms with E-state index in [9.17, 15) is 9.90 Å². The van der Waals surface area contributed by atoms with Gasteiger partial charge in [0, 0.05) is 16.8 Å². The molecule has 0 saturated heterocycles. The minimum atomic E-state index is -0.0804. The maximum atomic E-state index is 13.3. The molecule has 1 aliphatic rings. The summed E-state index contributed by atoms with van der Waals surface area (Å²) in [4.78, 5) is 19.2. The highest BCUT2D eigenvalue weighted by Gasteiger charge is 2.25. The largest absolute Gasteiger partial charge is 0.508 e. The summed E-state index contributed by atoms with van der Waals surface area (Å²) in [7, 11) is 0. The van der Waals surface area contributed by atoms with E-state index in [0.29, 0.717) is 5.56 Å². The molecule has 1 heterocycles. The summed E-state index contributed by atoms with van der Waals surface area (Å²) in [6.07, 6.45) is 6.84. The van der Waals surface area contributed by atoms with E-state index in [2.05, 4.69) is 17.2 Å². The van der Waals surface area contributed by atoms with Gasteiger partial charge in [-0.2, -0.15) is 0 Å². The van der Waals surface area contributed by atoms with Crippen molar-refractivity contribution in [1.82, 2.24) is 0 Å². The number of hydrogen-bond acceptors (Lipinski definition) is 4. The number of nitrogens with zero attached hydrogens (tertiary/aromatic N) is 1. The number of amides is 1. The van der Waals surface area contributed by atoms with Crippen LogP contribution in [-0.4, -0.2) is 17.2 Å². The Hall–Kier alpha value is -2.92. The van der Waals surface area contributed by atoms with Crippen molar-refractivity contribution < 1.29 is 9.90 Å². The SMILES string of the molecule is CCc1ccccc1NC(=O)c1c(N=Cc2ccc(O)cc2)sc2c1CCCC2. The van der Waals surface area contributed by atoms with Gasteiger partial charge in [-0.15, -0.1) is 11.3 Å². The van der Waals surface area contributed by atoms with E-state index in [-0.39, 0.29) is 11.7 Å². The van der Waals surface area contributed by atoms with Crippen molar-refractivity contribution in [2.24, 2.45) is 4.99 Å². The summed E-state index contributed by atoms with van der Waals surface area (Å²) in [5.74, 6) is 0.145. The molecule has 2 N–H and O–H groups in total. The number of hydrogen-bond donors (Lipinski definition) is 2. The van der Waals surface area contributed by atoms with Crippen molar-refractivity contribution in [2.75, 3.05) is 5.32 Å². The van der Waals surface area contributed by atoms with E-state index in [4.69, 9.17) is 0 Å². The summed E-state index contributed by atoms with van der Waals surface area (Å²) in [6.45, 7) is 2.09. The van der Waals surface area contributed by atoms with Crippen LogP contribution >= 0.6 is 11.3 Å². The van der Waals surface area contributed by atoms with Crippen LogP contribution in [0, 0.1) is 0 Å². The molecule has 3 aromatic rings. The Bertz CT molecular complexity index is 1050. The maximum absolute atomic E-state index is 13.3. The zero-order valence-electron chi connectivity index (χ0n) is 16.4. The van der Waals surface area contributed by atoms with Gasteiger partial charge in [0.05, 0.1) is 5.56 Å². The van der Waals surface area contributed by atoms with Crippen LogP contribution in [0.4, 0.5) is 10.7 Å². The first kappa shape index (κ1) is 19.4.